The van der Waals surface area contributed by atoms with Crippen molar-refractivity contribution >= 4 is 43.0 Å². The maximum absolute atomic E-state index is 11.7. The summed E-state index contributed by atoms with van der Waals surface area (Å²) in [4.78, 5) is 21.7. The Balaban J connectivity index is 1.22. The minimum Gasteiger partial charge on any atom is -0.467 e. The van der Waals surface area contributed by atoms with Crippen LogP contribution in [-0.2, 0) is 9.84 Å². The number of thiazole rings is 1. The Labute approximate surface area is 221 Å². The van der Waals surface area contributed by atoms with Crippen molar-refractivity contribution in [1.29, 1.82) is 0 Å². The summed E-state index contributed by atoms with van der Waals surface area (Å²) in [5.74, 6) is 1.17. The van der Waals surface area contributed by atoms with Crippen molar-refractivity contribution in [1.82, 2.24) is 19.9 Å². The SMILES string of the molecule is C=C(C)c1cnc(N2CCC(C(C)Oc3nc4ccc(-c5ccc(S(C)(=O)=O)cc5)nc4s3)CC2)nc1. The van der Waals surface area contributed by atoms with E-state index >= 15 is 0 Å². The summed E-state index contributed by atoms with van der Waals surface area (Å²) in [5.41, 5.74) is 4.32. The Bertz CT molecular complexity index is 1520. The Morgan fingerprint density at radius 3 is 2.38 bits per heavy atom. The van der Waals surface area contributed by atoms with Crippen LogP contribution in [0, 0.1) is 5.92 Å². The Morgan fingerprint density at radius 1 is 1.08 bits per heavy atom. The lowest BCUT2D eigenvalue weighted by atomic mass is 9.92. The molecular formula is C27H29N5O3S2. The number of benzene rings is 1. The zero-order chi connectivity index (χ0) is 26.2. The van der Waals surface area contributed by atoms with Crippen molar-refractivity contribution in [2.24, 2.45) is 5.92 Å². The lowest BCUT2D eigenvalue weighted by molar-refractivity contribution is 0.132. The molecule has 1 atom stereocenters. The molecule has 1 aliphatic heterocycles. The predicted octanol–water partition coefficient (Wildman–Crippen LogP) is 5.27. The minimum atomic E-state index is -3.23. The Morgan fingerprint density at radius 2 is 1.76 bits per heavy atom. The van der Waals surface area contributed by atoms with E-state index < -0.39 is 9.84 Å². The summed E-state index contributed by atoms with van der Waals surface area (Å²) in [6.45, 7) is 9.76. The van der Waals surface area contributed by atoms with Gasteiger partial charge in [-0.25, -0.2) is 28.4 Å². The van der Waals surface area contributed by atoms with Gasteiger partial charge < -0.3 is 9.64 Å². The number of anilines is 1. The molecule has 37 heavy (non-hydrogen) atoms. The topological polar surface area (TPSA) is 98.2 Å². The Kier molecular flexibility index (Phi) is 6.96. The molecule has 10 heteroatoms. The highest BCUT2D eigenvalue weighted by atomic mass is 32.2. The second kappa shape index (κ2) is 10.2. The monoisotopic (exact) mass is 535 g/mol. The normalized spacial score (nSPS) is 15.6. The molecule has 0 aliphatic carbocycles. The van der Waals surface area contributed by atoms with E-state index in [2.05, 4.69) is 33.4 Å². The van der Waals surface area contributed by atoms with Crippen LogP contribution in [-0.4, -0.2) is 53.8 Å². The second-order valence-corrected chi connectivity index (χ2v) is 12.5. The van der Waals surface area contributed by atoms with Gasteiger partial charge in [-0.05, 0) is 62.4 Å². The molecule has 5 rings (SSSR count). The van der Waals surface area contributed by atoms with Gasteiger partial charge in [0.2, 0.25) is 5.95 Å². The van der Waals surface area contributed by atoms with Crippen LogP contribution in [0.15, 0.2) is 60.3 Å². The van der Waals surface area contributed by atoms with E-state index in [9.17, 15) is 8.42 Å². The van der Waals surface area contributed by atoms with Crippen LogP contribution in [0.3, 0.4) is 0 Å². The number of sulfone groups is 1. The van der Waals surface area contributed by atoms with Crippen molar-refractivity contribution < 1.29 is 13.2 Å². The molecule has 0 saturated carbocycles. The summed E-state index contributed by atoms with van der Waals surface area (Å²) in [6.07, 6.45) is 6.87. The third kappa shape index (κ3) is 5.65. The zero-order valence-electron chi connectivity index (χ0n) is 21.1. The number of aromatic nitrogens is 4. The van der Waals surface area contributed by atoms with Gasteiger partial charge in [-0.15, -0.1) is 0 Å². The Hall–Kier alpha value is -3.37. The second-order valence-electron chi connectivity index (χ2n) is 9.50. The highest BCUT2D eigenvalue weighted by Crippen LogP contribution is 2.32. The highest BCUT2D eigenvalue weighted by Gasteiger charge is 2.27. The van der Waals surface area contributed by atoms with Crippen molar-refractivity contribution in [3.8, 4) is 16.5 Å². The van der Waals surface area contributed by atoms with E-state index in [1.54, 1.807) is 24.3 Å². The van der Waals surface area contributed by atoms with Crippen molar-refractivity contribution in [2.45, 2.75) is 37.7 Å². The van der Waals surface area contributed by atoms with Crippen LogP contribution in [0.5, 0.6) is 5.19 Å². The van der Waals surface area contributed by atoms with Gasteiger partial charge >= 0.3 is 0 Å². The zero-order valence-corrected chi connectivity index (χ0v) is 22.7. The lowest BCUT2D eigenvalue weighted by Gasteiger charge is -2.34. The number of rotatable bonds is 7. The summed E-state index contributed by atoms with van der Waals surface area (Å²) in [6, 6.07) is 10.6. The van der Waals surface area contributed by atoms with Crippen LogP contribution >= 0.6 is 11.3 Å². The van der Waals surface area contributed by atoms with Crippen molar-refractivity contribution in [3.63, 3.8) is 0 Å². The molecule has 4 heterocycles. The fourth-order valence-corrected chi connectivity index (χ4v) is 5.91. The molecule has 0 N–H and O–H groups in total. The van der Waals surface area contributed by atoms with Crippen LogP contribution in [0.1, 0.15) is 32.3 Å². The standard InChI is InChI=1S/C27H29N5O3S2/c1-17(2)21-15-28-26(29-16-21)32-13-11-19(12-14-32)18(3)35-27-31-24-10-9-23(30-25(24)36-27)20-5-7-22(8-6-20)37(4,33)34/h5-10,15-16,18-19H,1,11-14H2,2-4H3. The number of hydrogen-bond acceptors (Lipinski definition) is 9. The van der Waals surface area contributed by atoms with E-state index in [1.807, 2.05) is 31.5 Å². The van der Waals surface area contributed by atoms with E-state index in [4.69, 9.17) is 9.72 Å². The molecule has 1 saturated heterocycles. The van der Waals surface area contributed by atoms with Gasteiger partial charge in [0, 0.05) is 42.9 Å². The average Bonchev–Trinajstić information content (AvgIpc) is 3.30. The number of piperidine rings is 1. The molecule has 0 spiro atoms. The molecule has 0 bridgehead atoms. The van der Waals surface area contributed by atoms with Gasteiger partial charge in [-0.3, -0.25) is 0 Å². The molecule has 0 radical (unpaired) electrons. The van der Waals surface area contributed by atoms with E-state index in [0.717, 1.165) is 64.6 Å². The van der Waals surface area contributed by atoms with Crippen molar-refractivity contribution in [3.05, 3.63) is 60.9 Å². The molecule has 4 aromatic rings. The van der Waals surface area contributed by atoms with Gasteiger partial charge in [-0.1, -0.05) is 30.0 Å². The summed E-state index contributed by atoms with van der Waals surface area (Å²) in [7, 11) is -3.23. The maximum Gasteiger partial charge on any atom is 0.276 e. The molecule has 1 aliphatic rings. The largest absolute Gasteiger partial charge is 0.467 e. The van der Waals surface area contributed by atoms with E-state index in [1.165, 1.54) is 17.6 Å². The number of pyridine rings is 1. The van der Waals surface area contributed by atoms with Gasteiger partial charge in [-0.2, -0.15) is 0 Å². The summed E-state index contributed by atoms with van der Waals surface area (Å²) < 4.78 is 29.7. The first kappa shape index (κ1) is 25.3. The highest BCUT2D eigenvalue weighted by molar-refractivity contribution is 7.90. The molecular weight excluding hydrogens is 506 g/mol. The number of nitrogens with zero attached hydrogens (tertiary/aromatic N) is 5. The molecule has 3 aromatic heterocycles. The molecule has 1 unspecified atom stereocenters. The van der Waals surface area contributed by atoms with Gasteiger partial charge in [0.05, 0.1) is 10.6 Å². The predicted molar refractivity (Wildman–Crippen MR) is 148 cm³/mol. The molecule has 1 aromatic carbocycles. The van der Waals surface area contributed by atoms with Gasteiger partial charge in [0.1, 0.15) is 16.5 Å². The fourth-order valence-electron chi connectivity index (χ4n) is 4.41. The number of allylic oxidation sites excluding steroid dienone is 1. The molecule has 1 fully saturated rings. The minimum absolute atomic E-state index is 0.0254. The number of fused-ring (bicyclic) bond motifs is 1. The first-order chi connectivity index (χ1) is 17.7. The van der Waals surface area contributed by atoms with Crippen molar-refractivity contribution in [2.75, 3.05) is 24.2 Å². The summed E-state index contributed by atoms with van der Waals surface area (Å²) in [5, 5.41) is 0.612. The maximum atomic E-state index is 11.7. The summed E-state index contributed by atoms with van der Waals surface area (Å²) >= 11 is 1.43. The molecule has 8 nitrogen and oxygen atoms in total. The average molecular weight is 536 g/mol. The van der Waals surface area contributed by atoms with Crippen LogP contribution < -0.4 is 9.64 Å². The van der Waals surface area contributed by atoms with Crippen LogP contribution in [0.4, 0.5) is 5.95 Å². The third-order valence-electron chi connectivity index (χ3n) is 6.72. The van der Waals surface area contributed by atoms with E-state index in [-0.39, 0.29) is 6.10 Å². The van der Waals surface area contributed by atoms with Crippen LogP contribution in [0.2, 0.25) is 0 Å². The first-order valence-corrected chi connectivity index (χ1v) is 14.9. The third-order valence-corrected chi connectivity index (χ3v) is 8.70. The molecule has 0 amide bonds. The number of ether oxygens (including phenoxy) is 1. The first-order valence-electron chi connectivity index (χ1n) is 12.1. The van der Waals surface area contributed by atoms with Gasteiger partial charge in [0.25, 0.3) is 5.19 Å². The lowest BCUT2D eigenvalue weighted by Crippen LogP contribution is -2.39. The smallest absolute Gasteiger partial charge is 0.276 e. The van der Waals surface area contributed by atoms with E-state index in [0.29, 0.717) is 16.0 Å². The molecule has 192 valence electrons. The van der Waals surface area contributed by atoms with Crippen LogP contribution in [0.25, 0.3) is 27.2 Å². The van der Waals surface area contributed by atoms with Gasteiger partial charge in [0.15, 0.2) is 9.84 Å². The quantitative estimate of drug-likeness (QED) is 0.316. The fraction of sp³-hybridized carbons (Fsp3) is 0.333. The number of hydrogen-bond donors (Lipinski definition) is 0.